The predicted octanol–water partition coefficient (Wildman–Crippen LogP) is 4.05. The molecule has 26 heavy (non-hydrogen) atoms. The van der Waals surface area contributed by atoms with E-state index in [2.05, 4.69) is 41.1 Å². The number of carbonyl (C=O) groups is 1. The normalized spacial score (nSPS) is 20.0. The maximum atomic E-state index is 13.1. The number of anilines is 1. The van der Waals surface area contributed by atoms with Crippen molar-refractivity contribution in [2.24, 2.45) is 0 Å². The lowest BCUT2D eigenvalue weighted by molar-refractivity contribution is 0.0734. The van der Waals surface area contributed by atoms with Crippen molar-refractivity contribution in [3.63, 3.8) is 0 Å². The molecule has 1 amide bonds. The standard InChI is InChI=1S/C22H27N3O/c1-2-20-9-5-6-11-25(20)21-13-19(14-23-15-21)22(26)24-12-10-17-7-3-4-8-18(17)16-24/h3-4,7-8,13-15,20H,2,5-6,9-12,16H2,1H3. The molecule has 4 nitrogen and oxygen atoms in total. The van der Waals surface area contributed by atoms with E-state index >= 15 is 0 Å². The van der Waals surface area contributed by atoms with Gasteiger partial charge in [0.05, 0.1) is 17.4 Å². The van der Waals surface area contributed by atoms with Crippen molar-refractivity contribution >= 4 is 11.6 Å². The number of pyridine rings is 1. The number of hydrogen-bond acceptors (Lipinski definition) is 3. The van der Waals surface area contributed by atoms with E-state index in [4.69, 9.17) is 0 Å². The summed E-state index contributed by atoms with van der Waals surface area (Å²) in [6.07, 6.45) is 9.46. The Balaban J connectivity index is 1.54. The number of rotatable bonds is 3. The number of hydrogen-bond donors (Lipinski definition) is 0. The zero-order chi connectivity index (χ0) is 17.9. The highest BCUT2D eigenvalue weighted by molar-refractivity contribution is 5.95. The second kappa shape index (κ2) is 7.48. The van der Waals surface area contributed by atoms with E-state index in [-0.39, 0.29) is 5.91 Å². The first-order chi connectivity index (χ1) is 12.8. The lowest BCUT2D eigenvalue weighted by Crippen LogP contribution is -2.39. The molecule has 1 aromatic carbocycles. The Bertz CT molecular complexity index is 788. The Morgan fingerprint density at radius 1 is 1.15 bits per heavy atom. The van der Waals surface area contributed by atoms with E-state index in [0.717, 1.165) is 31.6 Å². The molecule has 4 rings (SSSR count). The Labute approximate surface area is 155 Å². The van der Waals surface area contributed by atoms with Crippen molar-refractivity contribution in [1.29, 1.82) is 0 Å². The second-order valence-electron chi connectivity index (χ2n) is 7.43. The van der Waals surface area contributed by atoms with Crippen LogP contribution in [0.3, 0.4) is 0 Å². The maximum absolute atomic E-state index is 13.1. The summed E-state index contributed by atoms with van der Waals surface area (Å²) in [6.45, 7) is 4.79. The molecule has 0 bridgehead atoms. The van der Waals surface area contributed by atoms with Gasteiger partial charge in [-0.3, -0.25) is 9.78 Å². The van der Waals surface area contributed by atoms with E-state index in [1.54, 1.807) is 6.20 Å². The molecule has 0 N–H and O–H groups in total. The monoisotopic (exact) mass is 349 g/mol. The summed E-state index contributed by atoms with van der Waals surface area (Å²) in [5.74, 6) is 0.0962. The highest BCUT2D eigenvalue weighted by atomic mass is 16.2. The van der Waals surface area contributed by atoms with Gasteiger partial charge in [0, 0.05) is 31.9 Å². The molecule has 0 radical (unpaired) electrons. The number of benzene rings is 1. The van der Waals surface area contributed by atoms with Crippen LogP contribution >= 0.6 is 0 Å². The van der Waals surface area contributed by atoms with Gasteiger partial charge in [-0.05, 0) is 49.3 Å². The molecular formula is C22H27N3O. The van der Waals surface area contributed by atoms with Gasteiger partial charge in [-0.15, -0.1) is 0 Å². The smallest absolute Gasteiger partial charge is 0.255 e. The first-order valence-corrected chi connectivity index (χ1v) is 9.84. The molecular weight excluding hydrogens is 322 g/mol. The number of piperidine rings is 1. The van der Waals surface area contributed by atoms with Gasteiger partial charge in [0.25, 0.3) is 5.91 Å². The summed E-state index contributed by atoms with van der Waals surface area (Å²) < 4.78 is 0. The van der Waals surface area contributed by atoms with E-state index in [1.165, 1.54) is 30.4 Å². The maximum Gasteiger partial charge on any atom is 0.255 e. The zero-order valence-corrected chi connectivity index (χ0v) is 15.5. The molecule has 136 valence electrons. The van der Waals surface area contributed by atoms with Crippen LogP contribution in [-0.2, 0) is 13.0 Å². The molecule has 1 fully saturated rings. The van der Waals surface area contributed by atoms with Gasteiger partial charge in [0.2, 0.25) is 0 Å². The molecule has 0 aliphatic carbocycles. The molecule has 1 aromatic heterocycles. The summed E-state index contributed by atoms with van der Waals surface area (Å²) in [4.78, 5) is 21.9. The number of carbonyl (C=O) groups excluding carboxylic acids is 1. The molecule has 1 atom stereocenters. The lowest BCUT2D eigenvalue weighted by atomic mass is 9.98. The van der Waals surface area contributed by atoms with Gasteiger partial charge >= 0.3 is 0 Å². The summed E-state index contributed by atoms with van der Waals surface area (Å²) in [7, 11) is 0. The molecule has 2 aliphatic heterocycles. The fraction of sp³-hybridized carbons (Fsp3) is 0.455. The van der Waals surface area contributed by atoms with E-state index in [1.807, 2.05) is 17.2 Å². The summed E-state index contributed by atoms with van der Waals surface area (Å²) in [5, 5.41) is 0. The molecule has 3 heterocycles. The summed E-state index contributed by atoms with van der Waals surface area (Å²) in [5.41, 5.74) is 4.43. The lowest BCUT2D eigenvalue weighted by Gasteiger charge is -2.37. The third-order valence-corrected chi connectivity index (χ3v) is 5.82. The molecule has 1 saturated heterocycles. The number of amides is 1. The minimum absolute atomic E-state index is 0.0962. The van der Waals surface area contributed by atoms with Crippen LogP contribution in [0.2, 0.25) is 0 Å². The van der Waals surface area contributed by atoms with Gasteiger partial charge < -0.3 is 9.80 Å². The van der Waals surface area contributed by atoms with Crippen molar-refractivity contribution in [3.05, 3.63) is 59.4 Å². The molecule has 1 unspecified atom stereocenters. The fourth-order valence-corrected chi connectivity index (χ4v) is 4.32. The molecule has 2 aromatic rings. The zero-order valence-electron chi connectivity index (χ0n) is 15.5. The van der Waals surface area contributed by atoms with Crippen LogP contribution in [0.4, 0.5) is 5.69 Å². The van der Waals surface area contributed by atoms with Gasteiger partial charge in [0.1, 0.15) is 0 Å². The second-order valence-corrected chi connectivity index (χ2v) is 7.43. The van der Waals surface area contributed by atoms with Crippen LogP contribution in [0.15, 0.2) is 42.7 Å². The average molecular weight is 349 g/mol. The molecule has 4 heteroatoms. The van der Waals surface area contributed by atoms with Gasteiger partial charge in [-0.2, -0.15) is 0 Å². The Morgan fingerprint density at radius 3 is 2.85 bits per heavy atom. The SMILES string of the molecule is CCC1CCCCN1c1cncc(C(=O)N2CCc3ccccc3C2)c1. The van der Waals surface area contributed by atoms with Crippen LogP contribution in [0, 0.1) is 0 Å². The van der Waals surface area contributed by atoms with Crippen molar-refractivity contribution in [1.82, 2.24) is 9.88 Å². The van der Waals surface area contributed by atoms with Crippen LogP contribution < -0.4 is 4.90 Å². The van der Waals surface area contributed by atoms with Crippen LogP contribution in [-0.4, -0.2) is 34.9 Å². The minimum Gasteiger partial charge on any atom is -0.367 e. The van der Waals surface area contributed by atoms with Crippen LogP contribution in [0.25, 0.3) is 0 Å². The van der Waals surface area contributed by atoms with Gasteiger partial charge in [-0.1, -0.05) is 31.2 Å². The molecule has 2 aliphatic rings. The van der Waals surface area contributed by atoms with E-state index < -0.39 is 0 Å². The predicted molar refractivity (Wildman–Crippen MR) is 104 cm³/mol. The first-order valence-electron chi connectivity index (χ1n) is 9.84. The number of fused-ring (bicyclic) bond motifs is 1. The number of nitrogens with zero attached hydrogens (tertiary/aromatic N) is 3. The Hall–Kier alpha value is -2.36. The average Bonchev–Trinajstić information content (AvgIpc) is 2.73. The summed E-state index contributed by atoms with van der Waals surface area (Å²) in [6, 6.07) is 11.0. The molecule has 0 spiro atoms. The van der Waals surface area contributed by atoms with Gasteiger partial charge in [0.15, 0.2) is 0 Å². The van der Waals surface area contributed by atoms with Crippen molar-refractivity contribution < 1.29 is 4.79 Å². The largest absolute Gasteiger partial charge is 0.367 e. The van der Waals surface area contributed by atoms with Crippen molar-refractivity contribution in [2.75, 3.05) is 18.0 Å². The number of aromatic nitrogens is 1. The van der Waals surface area contributed by atoms with Crippen LogP contribution in [0.1, 0.15) is 54.1 Å². The van der Waals surface area contributed by atoms with Crippen LogP contribution in [0.5, 0.6) is 0 Å². The topological polar surface area (TPSA) is 36.4 Å². The quantitative estimate of drug-likeness (QED) is 0.839. The third-order valence-electron chi connectivity index (χ3n) is 5.82. The first kappa shape index (κ1) is 17.1. The Morgan fingerprint density at radius 2 is 2.00 bits per heavy atom. The van der Waals surface area contributed by atoms with E-state index in [0.29, 0.717) is 18.2 Å². The molecule has 0 saturated carbocycles. The fourth-order valence-electron chi connectivity index (χ4n) is 4.32. The minimum atomic E-state index is 0.0962. The highest BCUT2D eigenvalue weighted by Gasteiger charge is 2.25. The van der Waals surface area contributed by atoms with Gasteiger partial charge in [-0.25, -0.2) is 0 Å². The van der Waals surface area contributed by atoms with E-state index in [9.17, 15) is 4.79 Å². The van der Waals surface area contributed by atoms with Crippen molar-refractivity contribution in [3.8, 4) is 0 Å². The highest BCUT2D eigenvalue weighted by Crippen LogP contribution is 2.27. The van der Waals surface area contributed by atoms with Crippen molar-refractivity contribution in [2.45, 2.75) is 51.6 Å². The summed E-state index contributed by atoms with van der Waals surface area (Å²) >= 11 is 0. The third kappa shape index (κ3) is 3.33. The Kier molecular flexibility index (Phi) is 4.91.